The highest BCUT2D eigenvalue weighted by atomic mass is 32.1. The summed E-state index contributed by atoms with van der Waals surface area (Å²) in [4.78, 5) is 45.9. The average molecular weight is 406 g/mol. The van der Waals surface area contributed by atoms with Crippen molar-refractivity contribution in [3.8, 4) is 0 Å². The largest absolute Gasteiger partial charge is 0.302 e. The maximum atomic E-state index is 13.5. The van der Waals surface area contributed by atoms with Gasteiger partial charge in [-0.15, -0.1) is 0 Å². The van der Waals surface area contributed by atoms with Crippen LogP contribution in [0, 0.1) is 5.82 Å². The Morgan fingerprint density at radius 3 is 2.50 bits per heavy atom. The zero-order chi connectivity index (χ0) is 20.3. The van der Waals surface area contributed by atoms with E-state index in [2.05, 4.69) is 9.88 Å². The molecule has 0 N–H and O–H groups in total. The number of fused-ring (bicyclic) bond motifs is 1. The summed E-state index contributed by atoms with van der Waals surface area (Å²) < 4.78 is 14.2. The van der Waals surface area contributed by atoms with Crippen molar-refractivity contribution in [1.29, 1.82) is 0 Å². The molecular weight excluding hydrogens is 383 g/mol. The van der Waals surface area contributed by atoms with E-state index in [9.17, 15) is 18.8 Å². The molecule has 28 heavy (non-hydrogen) atoms. The number of nitrogens with zero attached hydrogens (tertiary/aromatic N) is 4. The van der Waals surface area contributed by atoms with Crippen LogP contribution in [0.15, 0.2) is 18.2 Å². The first-order valence-corrected chi connectivity index (χ1v) is 10.2. The van der Waals surface area contributed by atoms with Crippen molar-refractivity contribution < 1.29 is 18.8 Å². The fourth-order valence-electron chi connectivity index (χ4n) is 3.13. The Labute approximate surface area is 166 Å². The van der Waals surface area contributed by atoms with Gasteiger partial charge in [0.05, 0.1) is 10.2 Å². The average Bonchev–Trinajstić information content (AvgIpc) is 3.22. The lowest BCUT2D eigenvalue weighted by atomic mass is 10.3. The van der Waals surface area contributed by atoms with Crippen LogP contribution in [0.4, 0.5) is 9.52 Å². The summed E-state index contributed by atoms with van der Waals surface area (Å²) in [7, 11) is 0. The molecule has 2 heterocycles. The molecule has 0 radical (unpaired) electrons. The summed E-state index contributed by atoms with van der Waals surface area (Å²) in [5, 5.41) is 0.442. The van der Waals surface area contributed by atoms with E-state index in [1.54, 1.807) is 6.07 Å². The van der Waals surface area contributed by atoms with Crippen molar-refractivity contribution in [2.24, 2.45) is 0 Å². The number of amides is 3. The third-order valence-electron chi connectivity index (χ3n) is 4.85. The Hall–Kier alpha value is -2.39. The molecular formula is C19H23FN4O3S. The number of aromatic nitrogens is 1. The van der Waals surface area contributed by atoms with Gasteiger partial charge in [-0.25, -0.2) is 9.37 Å². The number of likely N-dealkylation sites (N-methyl/N-ethyl adjacent to an activating group) is 1. The van der Waals surface area contributed by atoms with E-state index in [1.165, 1.54) is 28.4 Å². The topological polar surface area (TPSA) is 73.8 Å². The minimum absolute atomic E-state index is 0.145. The van der Waals surface area contributed by atoms with Crippen LogP contribution in [-0.2, 0) is 14.4 Å². The molecule has 0 unspecified atom stereocenters. The maximum Gasteiger partial charge on any atom is 0.248 e. The number of hydrogen-bond acceptors (Lipinski definition) is 6. The summed E-state index contributed by atoms with van der Waals surface area (Å²) in [5.74, 6) is -1.38. The van der Waals surface area contributed by atoms with Gasteiger partial charge in [-0.3, -0.25) is 24.2 Å². The Balaban J connectivity index is 1.85. The van der Waals surface area contributed by atoms with Crippen LogP contribution in [0.25, 0.3) is 10.2 Å². The highest BCUT2D eigenvalue weighted by Crippen LogP contribution is 2.29. The first kappa shape index (κ1) is 20.3. The second-order valence-corrected chi connectivity index (χ2v) is 7.56. The number of anilines is 1. The van der Waals surface area contributed by atoms with Gasteiger partial charge in [-0.2, -0.15) is 0 Å². The van der Waals surface area contributed by atoms with Gasteiger partial charge in [0.1, 0.15) is 12.4 Å². The minimum atomic E-state index is -0.365. The fraction of sp³-hybridized carbons (Fsp3) is 0.474. The van der Waals surface area contributed by atoms with Gasteiger partial charge in [-0.1, -0.05) is 25.2 Å². The zero-order valence-corrected chi connectivity index (χ0v) is 16.8. The number of hydrogen-bond donors (Lipinski definition) is 0. The Morgan fingerprint density at radius 1 is 1.18 bits per heavy atom. The molecule has 1 aliphatic rings. The first-order valence-electron chi connectivity index (χ1n) is 9.35. The first-order chi connectivity index (χ1) is 13.4. The van der Waals surface area contributed by atoms with Crippen molar-refractivity contribution >= 4 is 44.4 Å². The standard InChI is InChI=1S/C19H23FN4O3S/c1-3-22(4-2)9-10-23(18(27)12-24-16(25)7-8-17(24)26)19-21-14-6-5-13(20)11-15(14)28-19/h5-6,11H,3-4,7-10,12H2,1-2H3. The molecule has 2 aromatic rings. The SMILES string of the molecule is CCN(CC)CCN(C(=O)CN1C(=O)CCC1=O)c1nc2ccc(F)cc2s1. The Kier molecular flexibility index (Phi) is 6.35. The van der Waals surface area contributed by atoms with Gasteiger partial charge < -0.3 is 4.90 Å². The third-order valence-corrected chi connectivity index (χ3v) is 5.89. The van der Waals surface area contributed by atoms with E-state index in [1.807, 2.05) is 13.8 Å². The molecule has 0 spiro atoms. The third kappa shape index (κ3) is 4.36. The summed E-state index contributed by atoms with van der Waals surface area (Å²) >= 11 is 1.22. The van der Waals surface area contributed by atoms with E-state index in [-0.39, 0.29) is 42.9 Å². The number of halogens is 1. The molecule has 0 bridgehead atoms. The fourth-order valence-corrected chi connectivity index (χ4v) is 4.16. The van der Waals surface area contributed by atoms with E-state index in [0.717, 1.165) is 18.0 Å². The van der Waals surface area contributed by atoms with E-state index >= 15 is 0 Å². The van der Waals surface area contributed by atoms with E-state index in [4.69, 9.17) is 0 Å². The van der Waals surface area contributed by atoms with E-state index in [0.29, 0.717) is 28.4 Å². The maximum absolute atomic E-state index is 13.5. The number of carbonyl (C=O) groups is 3. The molecule has 0 aliphatic carbocycles. The predicted molar refractivity (Wildman–Crippen MR) is 106 cm³/mol. The summed E-state index contributed by atoms with van der Waals surface area (Å²) in [6.45, 7) is 6.47. The quantitative estimate of drug-likeness (QED) is 0.629. The number of likely N-dealkylation sites (tertiary alicyclic amines) is 1. The van der Waals surface area contributed by atoms with Crippen LogP contribution in [-0.4, -0.2) is 65.2 Å². The molecule has 1 aromatic carbocycles. The van der Waals surface area contributed by atoms with Gasteiger partial charge in [0, 0.05) is 25.9 Å². The Bertz CT molecular complexity index is 880. The van der Waals surface area contributed by atoms with Crippen molar-refractivity contribution in [2.75, 3.05) is 37.6 Å². The van der Waals surface area contributed by atoms with Crippen molar-refractivity contribution in [3.05, 3.63) is 24.0 Å². The van der Waals surface area contributed by atoms with Crippen LogP contribution >= 0.6 is 11.3 Å². The molecule has 9 heteroatoms. The molecule has 1 saturated heterocycles. The molecule has 3 rings (SSSR count). The van der Waals surface area contributed by atoms with Crippen molar-refractivity contribution in [1.82, 2.24) is 14.8 Å². The van der Waals surface area contributed by atoms with Gasteiger partial charge in [0.15, 0.2) is 5.13 Å². The van der Waals surface area contributed by atoms with Crippen molar-refractivity contribution in [2.45, 2.75) is 26.7 Å². The Morgan fingerprint density at radius 2 is 1.86 bits per heavy atom. The lowest BCUT2D eigenvalue weighted by Gasteiger charge is -2.26. The zero-order valence-electron chi connectivity index (χ0n) is 16.0. The smallest absolute Gasteiger partial charge is 0.248 e. The van der Waals surface area contributed by atoms with Gasteiger partial charge in [-0.05, 0) is 31.3 Å². The molecule has 3 amide bonds. The van der Waals surface area contributed by atoms with Crippen LogP contribution in [0.1, 0.15) is 26.7 Å². The molecule has 7 nitrogen and oxygen atoms in total. The van der Waals surface area contributed by atoms with Crippen molar-refractivity contribution in [3.63, 3.8) is 0 Å². The highest BCUT2D eigenvalue weighted by Gasteiger charge is 2.32. The second-order valence-electron chi connectivity index (χ2n) is 6.55. The molecule has 1 fully saturated rings. The number of rotatable bonds is 8. The van der Waals surface area contributed by atoms with Crippen LogP contribution in [0.2, 0.25) is 0 Å². The van der Waals surface area contributed by atoms with Crippen LogP contribution in [0.5, 0.6) is 0 Å². The monoisotopic (exact) mass is 406 g/mol. The van der Waals surface area contributed by atoms with Crippen LogP contribution < -0.4 is 4.90 Å². The molecule has 1 aliphatic heterocycles. The number of carbonyl (C=O) groups excluding carboxylic acids is 3. The molecule has 1 aromatic heterocycles. The number of thiazole rings is 1. The minimum Gasteiger partial charge on any atom is -0.302 e. The number of benzene rings is 1. The molecule has 0 atom stereocenters. The summed E-state index contributed by atoms with van der Waals surface area (Å²) in [6, 6.07) is 4.29. The summed E-state index contributed by atoms with van der Waals surface area (Å²) in [6.07, 6.45) is 0.290. The molecule has 0 saturated carbocycles. The van der Waals surface area contributed by atoms with E-state index < -0.39 is 0 Å². The summed E-state index contributed by atoms with van der Waals surface area (Å²) in [5.41, 5.74) is 0.607. The normalized spacial score (nSPS) is 14.5. The second kappa shape index (κ2) is 8.74. The van der Waals surface area contributed by atoms with Gasteiger partial charge >= 0.3 is 0 Å². The van der Waals surface area contributed by atoms with Crippen LogP contribution in [0.3, 0.4) is 0 Å². The lowest BCUT2D eigenvalue weighted by Crippen LogP contribution is -2.45. The van der Waals surface area contributed by atoms with Gasteiger partial charge in [0.2, 0.25) is 17.7 Å². The lowest BCUT2D eigenvalue weighted by molar-refractivity contribution is -0.141. The molecule has 150 valence electrons. The highest BCUT2D eigenvalue weighted by molar-refractivity contribution is 7.22. The van der Waals surface area contributed by atoms with Gasteiger partial charge in [0.25, 0.3) is 0 Å². The number of imide groups is 1. The predicted octanol–water partition coefficient (Wildman–Crippen LogP) is 2.26.